The highest BCUT2D eigenvalue weighted by Gasteiger charge is 2.36. The van der Waals surface area contributed by atoms with Crippen LogP contribution in [0.2, 0.25) is 0 Å². The van der Waals surface area contributed by atoms with Gasteiger partial charge in [-0.3, -0.25) is 4.79 Å². The fourth-order valence-corrected chi connectivity index (χ4v) is 1.78. The van der Waals surface area contributed by atoms with Crippen molar-refractivity contribution in [2.24, 2.45) is 5.92 Å². The van der Waals surface area contributed by atoms with E-state index in [1.54, 1.807) is 0 Å². The molecular weight excluding hydrogens is 152 g/mol. The van der Waals surface area contributed by atoms with Gasteiger partial charge in [-0.1, -0.05) is 0 Å². The summed E-state index contributed by atoms with van der Waals surface area (Å²) in [6.07, 6.45) is 3.37. The third-order valence-electron chi connectivity index (χ3n) is 2.83. The van der Waals surface area contributed by atoms with Gasteiger partial charge in [0.2, 0.25) is 5.91 Å². The van der Waals surface area contributed by atoms with E-state index >= 15 is 0 Å². The Morgan fingerprint density at radius 2 is 2.17 bits per heavy atom. The number of carbonyl (C=O) groups is 1. The number of hydrogen-bond acceptors (Lipinski definition) is 2. The molecule has 1 amide bonds. The van der Waals surface area contributed by atoms with E-state index in [0.29, 0.717) is 17.9 Å². The van der Waals surface area contributed by atoms with E-state index in [4.69, 9.17) is 0 Å². The van der Waals surface area contributed by atoms with E-state index in [1.165, 1.54) is 0 Å². The number of likely N-dealkylation sites (N-methyl/N-ethyl adjacent to an activating group) is 1. The van der Waals surface area contributed by atoms with E-state index < -0.39 is 0 Å². The van der Waals surface area contributed by atoms with E-state index in [9.17, 15) is 4.79 Å². The quantitative estimate of drug-likeness (QED) is 0.639. The normalized spacial score (nSPS) is 29.4. The molecule has 3 heteroatoms. The minimum absolute atomic E-state index is 0.389. The van der Waals surface area contributed by atoms with Crippen molar-refractivity contribution in [2.45, 2.75) is 25.3 Å². The van der Waals surface area contributed by atoms with Gasteiger partial charge in [-0.05, 0) is 26.3 Å². The monoisotopic (exact) mass is 168 g/mol. The zero-order chi connectivity index (χ0) is 8.55. The fraction of sp³-hybridized carbons (Fsp3) is 0.889. The number of likely N-dealkylation sites (tertiary alicyclic amines) is 1. The molecule has 68 valence electrons. The lowest BCUT2D eigenvalue weighted by Gasteiger charge is -2.15. The Balaban J connectivity index is 1.85. The number of rotatable bonds is 2. The van der Waals surface area contributed by atoms with Crippen LogP contribution in [0.1, 0.15) is 19.3 Å². The summed E-state index contributed by atoms with van der Waals surface area (Å²) in [5.74, 6) is 0.786. The Labute approximate surface area is 73.1 Å². The SMILES string of the molecule is CN[C@@H]1CCN(C(=O)C2CC2)C1. The van der Waals surface area contributed by atoms with Crippen molar-refractivity contribution in [3.05, 3.63) is 0 Å². The molecule has 1 saturated heterocycles. The summed E-state index contributed by atoms with van der Waals surface area (Å²) in [6.45, 7) is 1.88. The smallest absolute Gasteiger partial charge is 0.225 e. The number of nitrogens with one attached hydrogen (secondary N) is 1. The summed E-state index contributed by atoms with van der Waals surface area (Å²) in [4.78, 5) is 13.6. The van der Waals surface area contributed by atoms with Crippen LogP contribution in [0.3, 0.4) is 0 Å². The van der Waals surface area contributed by atoms with Gasteiger partial charge in [0, 0.05) is 25.0 Å². The Morgan fingerprint density at radius 3 is 2.67 bits per heavy atom. The summed E-state index contributed by atoms with van der Waals surface area (Å²) in [6, 6.07) is 0.535. The zero-order valence-corrected chi connectivity index (χ0v) is 7.55. The predicted molar refractivity (Wildman–Crippen MR) is 46.8 cm³/mol. The van der Waals surface area contributed by atoms with Gasteiger partial charge in [-0.2, -0.15) is 0 Å². The van der Waals surface area contributed by atoms with E-state index in [-0.39, 0.29) is 0 Å². The first-order valence-corrected chi connectivity index (χ1v) is 4.77. The van der Waals surface area contributed by atoms with Crippen molar-refractivity contribution in [3.63, 3.8) is 0 Å². The summed E-state index contributed by atoms with van der Waals surface area (Å²) in [5.41, 5.74) is 0. The lowest BCUT2D eigenvalue weighted by molar-refractivity contribution is -0.131. The highest BCUT2D eigenvalue weighted by molar-refractivity contribution is 5.81. The minimum atomic E-state index is 0.389. The Hall–Kier alpha value is -0.570. The van der Waals surface area contributed by atoms with E-state index in [1.807, 2.05) is 11.9 Å². The summed E-state index contributed by atoms with van der Waals surface area (Å²) in [7, 11) is 1.97. The van der Waals surface area contributed by atoms with Crippen molar-refractivity contribution in [1.82, 2.24) is 10.2 Å². The van der Waals surface area contributed by atoms with Crippen molar-refractivity contribution in [3.8, 4) is 0 Å². The van der Waals surface area contributed by atoms with Crippen LogP contribution < -0.4 is 5.32 Å². The maximum absolute atomic E-state index is 11.6. The Bertz CT molecular complexity index is 189. The molecule has 0 unspecified atom stereocenters. The molecule has 12 heavy (non-hydrogen) atoms. The van der Waals surface area contributed by atoms with Crippen LogP contribution in [0.5, 0.6) is 0 Å². The maximum Gasteiger partial charge on any atom is 0.225 e. The van der Waals surface area contributed by atoms with Gasteiger partial charge in [0.05, 0.1) is 0 Å². The molecule has 0 aromatic heterocycles. The van der Waals surface area contributed by atoms with Crippen LogP contribution in [-0.4, -0.2) is 37.0 Å². The standard InChI is InChI=1S/C9H16N2O/c1-10-8-4-5-11(6-8)9(12)7-2-3-7/h7-8,10H,2-6H2,1H3/t8-/m1/s1. The lowest BCUT2D eigenvalue weighted by Crippen LogP contribution is -2.34. The number of nitrogens with zero attached hydrogens (tertiary/aromatic N) is 1. The summed E-state index contributed by atoms with van der Waals surface area (Å²) < 4.78 is 0. The first-order chi connectivity index (χ1) is 5.81. The van der Waals surface area contributed by atoms with Crippen LogP contribution in [0, 0.1) is 5.92 Å². The summed E-state index contributed by atoms with van der Waals surface area (Å²) in [5, 5.41) is 3.21. The first kappa shape index (κ1) is 8.05. The summed E-state index contributed by atoms with van der Waals surface area (Å²) >= 11 is 0. The van der Waals surface area contributed by atoms with Crippen molar-refractivity contribution in [1.29, 1.82) is 0 Å². The van der Waals surface area contributed by atoms with Gasteiger partial charge in [0.15, 0.2) is 0 Å². The third-order valence-corrected chi connectivity index (χ3v) is 2.83. The second kappa shape index (κ2) is 3.05. The topological polar surface area (TPSA) is 32.3 Å². The number of amides is 1. The van der Waals surface area contributed by atoms with E-state index in [0.717, 1.165) is 32.4 Å². The zero-order valence-electron chi connectivity index (χ0n) is 7.55. The van der Waals surface area contributed by atoms with Gasteiger partial charge >= 0.3 is 0 Å². The van der Waals surface area contributed by atoms with E-state index in [2.05, 4.69) is 5.32 Å². The second-order valence-electron chi connectivity index (χ2n) is 3.83. The molecule has 0 radical (unpaired) electrons. The molecule has 0 aromatic rings. The number of carbonyl (C=O) groups excluding carboxylic acids is 1. The molecule has 0 bridgehead atoms. The minimum Gasteiger partial charge on any atom is -0.341 e. The maximum atomic E-state index is 11.6. The predicted octanol–water partition coefficient (Wildman–Crippen LogP) is 0.217. The first-order valence-electron chi connectivity index (χ1n) is 4.77. The molecule has 1 atom stereocenters. The molecule has 0 aromatic carbocycles. The average Bonchev–Trinajstić information content (AvgIpc) is 2.82. The molecule has 1 aliphatic heterocycles. The van der Waals surface area contributed by atoms with Crippen LogP contribution >= 0.6 is 0 Å². The molecule has 2 rings (SSSR count). The Kier molecular flexibility index (Phi) is 2.05. The Morgan fingerprint density at radius 1 is 1.42 bits per heavy atom. The number of hydrogen-bond donors (Lipinski definition) is 1. The van der Waals surface area contributed by atoms with Crippen molar-refractivity contribution >= 4 is 5.91 Å². The van der Waals surface area contributed by atoms with Crippen LogP contribution in [0.25, 0.3) is 0 Å². The highest BCUT2D eigenvalue weighted by atomic mass is 16.2. The molecule has 2 fully saturated rings. The average molecular weight is 168 g/mol. The van der Waals surface area contributed by atoms with Crippen LogP contribution in [-0.2, 0) is 4.79 Å². The highest BCUT2D eigenvalue weighted by Crippen LogP contribution is 2.31. The fourth-order valence-electron chi connectivity index (χ4n) is 1.78. The van der Waals surface area contributed by atoms with Gasteiger partial charge in [-0.25, -0.2) is 0 Å². The molecule has 1 aliphatic carbocycles. The largest absolute Gasteiger partial charge is 0.341 e. The van der Waals surface area contributed by atoms with Crippen molar-refractivity contribution in [2.75, 3.05) is 20.1 Å². The molecular formula is C9H16N2O. The van der Waals surface area contributed by atoms with Gasteiger partial charge < -0.3 is 10.2 Å². The van der Waals surface area contributed by atoms with Gasteiger partial charge in [-0.15, -0.1) is 0 Å². The van der Waals surface area contributed by atoms with Gasteiger partial charge in [0.25, 0.3) is 0 Å². The van der Waals surface area contributed by atoms with Crippen molar-refractivity contribution < 1.29 is 4.79 Å². The molecule has 2 aliphatic rings. The second-order valence-corrected chi connectivity index (χ2v) is 3.83. The third kappa shape index (κ3) is 1.46. The molecule has 1 heterocycles. The van der Waals surface area contributed by atoms with Gasteiger partial charge in [0.1, 0.15) is 0 Å². The molecule has 1 saturated carbocycles. The van der Waals surface area contributed by atoms with Crippen LogP contribution in [0.15, 0.2) is 0 Å². The van der Waals surface area contributed by atoms with Crippen LogP contribution in [0.4, 0.5) is 0 Å². The molecule has 0 spiro atoms. The lowest BCUT2D eigenvalue weighted by atomic mass is 10.3. The molecule has 3 nitrogen and oxygen atoms in total. The molecule has 1 N–H and O–H groups in total.